The number of aromatic nitrogens is 2. The van der Waals surface area contributed by atoms with Gasteiger partial charge in [-0.15, -0.1) is 0 Å². The van der Waals surface area contributed by atoms with E-state index in [1.165, 1.54) is 71.3 Å². The highest BCUT2D eigenvalue weighted by Gasteiger charge is 2.35. The molecule has 2 nitrogen and oxygen atoms in total. The Bertz CT molecular complexity index is 3180. The quantitative estimate of drug-likeness (QED) is 0.130. The molecule has 1 aliphatic rings. The van der Waals surface area contributed by atoms with Crippen LogP contribution in [-0.4, -0.2) is 9.97 Å². The monoisotopic (exact) mass is 726 g/mol. The van der Waals surface area contributed by atoms with Crippen LogP contribution in [-0.2, 0) is 5.41 Å². The molecule has 0 bridgehead atoms. The van der Waals surface area contributed by atoms with Crippen LogP contribution in [0.25, 0.3) is 99.6 Å². The zero-order chi connectivity index (χ0) is 38.1. The maximum absolute atomic E-state index is 5.16. The Morgan fingerprint density at radius 2 is 0.912 bits per heavy atom. The van der Waals surface area contributed by atoms with Gasteiger partial charge in [-0.1, -0.05) is 190 Å². The average Bonchev–Trinajstić information content (AvgIpc) is 3.51. The second-order valence-electron chi connectivity index (χ2n) is 15.8. The van der Waals surface area contributed by atoms with E-state index in [0.717, 1.165) is 39.5 Å². The van der Waals surface area contributed by atoms with Gasteiger partial charge in [-0.2, -0.15) is 0 Å². The van der Waals surface area contributed by atoms with Crippen molar-refractivity contribution in [2.75, 3.05) is 0 Å². The first-order chi connectivity index (χ1) is 28.0. The molecule has 0 fully saturated rings. The van der Waals surface area contributed by atoms with E-state index in [4.69, 9.17) is 9.97 Å². The van der Waals surface area contributed by atoms with Gasteiger partial charge in [0.2, 0.25) is 0 Å². The second kappa shape index (κ2) is 13.0. The fourth-order valence-corrected chi connectivity index (χ4v) is 9.12. The van der Waals surface area contributed by atoms with Gasteiger partial charge in [0.1, 0.15) is 0 Å². The van der Waals surface area contributed by atoms with Crippen molar-refractivity contribution >= 4 is 32.3 Å². The van der Waals surface area contributed by atoms with E-state index in [9.17, 15) is 0 Å². The molecule has 0 spiro atoms. The minimum Gasteiger partial charge on any atom is -0.228 e. The highest BCUT2D eigenvalue weighted by Crippen LogP contribution is 2.49. The fraction of sp³-hybridized carbons (Fsp3) is 0.0545. The van der Waals surface area contributed by atoms with Crippen LogP contribution >= 0.6 is 0 Å². The maximum Gasteiger partial charge on any atom is 0.160 e. The van der Waals surface area contributed by atoms with Crippen LogP contribution in [0, 0.1) is 0 Å². The van der Waals surface area contributed by atoms with Crippen molar-refractivity contribution in [1.82, 2.24) is 9.97 Å². The summed E-state index contributed by atoms with van der Waals surface area (Å²) in [6.45, 7) is 4.65. The van der Waals surface area contributed by atoms with Crippen LogP contribution in [0.2, 0.25) is 0 Å². The Kier molecular flexibility index (Phi) is 7.55. The lowest BCUT2D eigenvalue weighted by Gasteiger charge is -2.22. The molecule has 0 unspecified atom stereocenters. The van der Waals surface area contributed by atoms with E-state index < -0.39 is 0 Å². The molecule has 0 aliphatic heterocycles. The summed E-state index contributed by atoms with van der Waals surface area (Å²) in [4.78, 5) is 10.3. The van der Waals surface area contributed by atoms with Crippen LogP contribution in [0.1, 0.15) is 25.0 Å². The third-order valence-electron chi connectivity index (χ3n) is 12.1. The van der Waals surface area contributed by atoms with Gasteiger partial charge in [0.25, 0.3) is 0 Å². The summed E-state index contributed by atoms with van der Waals surface area (Å²) < 4.78 is 0. The normalized spacial score (nSPS) is 12.9. The molecule has 2 heteroatoms. The molecule has 1 heterocycles. The molecule has 0 radical (unpaired) electrons. The van der Waals surface area contributed by atoms with Crippen LogP contribution in [0.4, 0.5) is 0 Å². The van der Waals surface area contributed by atoms with Crippen LogP contribution in [0.15, 0.2) is 194 Å². The maximum atomic E-state index is 5.16. The Morgan fingerprint density at radius 3 is 1.68 bits per heavy atom. The third-order valence-corrected chi connectivity index (χ3v) is 12.1. The lowest BCUT2D eigenvalue weighted by molar-refractivity contribution is 0.660. The number of fused-ring (bicyclic) bond motifs is 7. The van der Waals surface area contributed by atoms with Crippen molar-refractivity contribution in [1.29, 1.82) is 0 Å². The summed E-state index contributed by atoms with van der Waals surface area (Å²) in [5.41, 5.74) is 15.0. The Morgan fingerprint density at radius 1 is 0.333 bits per heavy atom. The van der Waals surface area contributed by atoms with Crippen molar-refractivity contribution in [3.8, 4) is 67.3 Å². The van der Waals surface area contributed by atoms with Gasteiger partial charge >= 0.3 is 0 Å². The van der Waals surface area contributed by atoms with Crippen LogP contribution in [0.3, 0.4) is 0 Å². The van der Waals surface area contributed by atoms with E-state index in [1.807, 2.05) is 18.2 Å². The van der Waals surface area contributed by atoms with Crippen LogP contribution < -0.4 is 0 Å². The van der Waals surface area contributed by atoms with Gasteiger partial charge in [0, 0.05) is 22.1 Å². The van der Waals surface area contributed by atoms with E-state index in [-0.39, 0.29) is 5.41 Å². The van der Waals surface area contributed by atoms with Crippen LogP contribution in [0.5, 0.6) is 0 Å². The topological polar surface area (TPSA) is 25.8 Å². The fourth-order valence-electron chi connectivity index (χ4n) is 9.12. The molecule has 0 atom stereocenters. The highest BCUT2D eigenvalue weighted by molar-refractivity contribution is 6.20. The number of nitrogens with zero attached hydrogens (tertiary/aromatic N) is 2. The van der Waals surface area contributed by atoms with Gasteiger partial charge in [-0.3, -0.25) is 0 Å². The lowest BCUT2D eigenvalue weighted by atomic mass is 9.82. The summed E-state index contributed by atoms with van der Waals surface area (Å²) in [5.74, 6) is 0.722. The Labute approximate surface area is 332 Å². The number of rotatable bonds is 5. The zero-order valence-electron chi connectivity index (χ0n) is 31.9. The van der Waals surface area contributed by atoms with Crippen molar-refractivity contribution in [2.45, 2.75) is 19.3 Å². The predicted octanol–water partition coefficient (Wildman–Crippen LogP) is 14.6. The predicted molar refractivity (Wildman–Crippen MR) is 239 cm³/mol. The largest absolute Gasteiger partial charge is 0.228 e. The lowest BCUT2D eigenvalue weighted by Crippen LogP contribution is -2.14. The molecule has 9 aromatic carbocycles. The zero-order valence-corrected chi connectivity index (χ0v) is 31.9. The summed E-state index contributed by atoms with van der Waals surface area (Å²) in [5, 5.41) is 7.63. The van der Waals surface area contributed by atoms with Crippen molar-refractivity contribution in [3.63, 3.8) is 0 Å². The molecule has 1 aromatic heterocycles. The molecule has 0 amide bonds. The highest BCUT2D eigenvalue weighted by atomic mass is 14.9. The average molecular weight is 727 g/mol. The first-order valence-corrected chi connectivity index (χ1v) is 19.7. The first kappa shape index (κ1) is 33.2. The van der Waals surface area contributed by atoms with Gasteiger partial charge in [0.05, 0.1) is 11.4 Å². The molecule has 0 saturated heterocycles. The molecule has 0 saturated carbocycles. The summed E-state index contributed by atoms with van der Waals surface area (Å²) in [7, 11) is 0. The molecule has 1 aliphatic carbocycles. The molecular formula is C55H38N2. The van der Waals surface area contributed by atoms with E-state index in [0.29, 0.717) is 0 Å². The summed E-state index contributed by atoms with van der Waals surface area (Å²) >= 11 is 0. The number of hydrogen-bond donors (Lipinski definition) is 0. The van der Waals surface area contributed by atoms with Gasteiger partial charge < -0.3 is 0 Å². The van der Waals surface area contributed by atoms with Gasteiger partial charge in [-0.25, -0.2) is 9.97 Å². The second-order valence-corrected chi connectivity index (χ2v) is 15.8. The smallest absolute Gasteiger partial charge is 0.160 e. The minimum absolute atomic E-state index is 0.0916. The molecule has 268 valence electrons. The molecule has 10 aromatic rings. The van der Waals surface area contributed by atoms with Crippen molar-refractivity contribution < 1.29 is 0 Å². The third kappa shape index (κ3) is 5.48. The summed E-state index contributed by atoms with van der Waals surface area (Å²) in [6.07, 6.45) is 0. The minimum atomic E-state index is -0.0916. The van der Waals surface area contributed by atoms with E-state index in [2.05, 4.69) is 190 Å². The molecule has 0 N–H and O–H groups in total. The molecule has 11 rings (SSSR count). The SMILES string of the molecule is CC1(C)c2ccccc2-c2ccc(-c3cc(-c4ccc(-c5ccc(-c6c7ccccc7cc7c6ccc6ccccc67)cc5)cc4)nc(-c4ccccc4)n3)cc21. The number of hydrogen-bond acceptors (Lipinski definition) is 2. The van der Waals surface area contributed by atoms with E-state index >= 15 is 0 Å². The molecule has 57 heavy (non-hydrogen) atoms. The Balaban J connectivity index is 0.962. The van der Waals surface area contributed by atoms with Crippen molar-refractivity contribution in [3.05, 3.63) is 205 Å². The standard InChI is InChI=1S/C55H38N2/c1-55(2)49-19-11-10-18-45(49)46-30-29-42(33-50(46)55)52-34-51(56-54(57-52)40-13-4-3-5-14-40)38-24-20-35(21-25-38)36-22-26-39(27-23-36)53-44-17-9-7-15-41(44)32-48-43-16-8-6-12-37(43)28-31-47(48)53/h3-34H,1-2H3. The van der Waals surface area contributed by atoms with Gasteiger partial charge in [0.15, 0.2) is 5.82 Å². The first-order valence-electron chi connectivity index (χ1n) is 19.7. The van der Waals surface area contributed by atoms with E-state index in [1.54, 1.807) is 0 Å². The van der Waals surface area contributed by atoms with Gasteiger partial charge in [-0.05, 0) is 95.0 Å². The number of benzene rings is 9. The molecular weight excluding hydrogens is 689 g/mol. The van der Waals surface area contributed by atoms with Crippen molar-refractivity contribution in [2.24, 2.45) is 0 Å². The summed E-state index contributed by atoms with van der Waals surface area (Å²) in [6, 6.07) is 70.2. The Hall–Kier alpha value is -7.16.